The molecule has 0 aliphatic heterocycles. The summed E-state index contributed by atoms with van der Waals surface area (Å²) < 4.78 is 29.4. The molecule has 37 heavy (non-hydrogen) atoms. The zero-order chi connectivity index (χ0) is 27.0. The summed E-state index contributed by atoms with van der Waals surface area (Å²) in [7, 11) is -4.08. The van der Waals surface area contributed by atoms with Crippen LogP contribution in [0.5, 0.6) is 0 Å². The first-order valence-corrected chi connectivity index (χ1v) is 14.7. The maximum Gasteiger partial charge on any atom is 0.264 e. The van der Waals surface area contributed by atoms with Gasteiger partial charge in [0.2, 0.25) is 11.8 Å². The van der Waals surface area contributed by atoms with Crippen molar-refractivity contribution in [3.63, 3.8) is 0 Å². The van der Waals surface area contributed by atoms with Crippen LogP contribution in [-0.4, -0.2) is 44.3 Å². The Balaban J connectivity index is 2.01. The molecule has 10 heteroatoms. The molecule has 3 rings (SSSR count). The Hall–Kier alpha value is -2.63. The van der Waals surface area contributed by atoms with E-state index in [-0.39, 0.29) is 17.3 Å². The van der Waals surface area contributed by atoms with E-state index in [0.29, 0.717) is 22.8 Å². The minimum absolute atomic E-state index is 0.0468. The summed E-state index contributed by atoms with van der Waals surface area (Å²) in [6.07, 6.45) is 0.743. The quantitative estimate of drug-likeness (QED) is 0.293. The van der Waals surface area contributed by atoms with Crippen molar-refractivity contribution in [3.8, 4) is 0 Å². The molecule has 3 aromatic rings. The second kappa shape index (κ2) is 13.3. The van der Waals surface area contributed by atoms with Crippen molar-refractivity contribution in [3.05, 3.63) is 93.0 Å². The van der Waals surface area contributed by atoms with Crippen LogP contribution in [0.2, 0.25) is 5.02 Å². The third kappa shape index (κ3) is 7.45. The van der Waals surface area contributed by atoms with Gasteiger partial charge in [-0.2, -0.15) is 0 Å². The van der Waals surface area contributed by atoms with E-state index < -0.39 is 28.5 Å². The van der Waals surface area contributed by atoms with E-state index in [1.54, 1.807) is 73.7 Å². The van der Waals surface area contributed by atoms with Gasteiger partial charge in [0.1, 0.15) is 12.6 Å². The number of anilines is 1. The van der Waals surface area contributed by atoms with Crippen LogP contribution in [0.25, 0.3) is 0 Å². The van der Waals surface area contributed by atoms with Gasteiger partial charge in [0.15, 0.2) is 0 Å². The molecule has 0 radical (unpaired) electrons. The maximum atomic E-state index is 13.8. The van der Waals surface area contributed by atoms with Crippen LogP contribution in [-0.2, 0) is 26.2 Å². The van der Waals surface area contributed by atoms with Gasteiger partial charge in [-0.3, -0.25) is 13.9 Å². The third-order valence-electron chi connectivity index (χ3n) is 5.74. The predicted octanol–water partition coefficient (Wildman–Crippen LogP) is 5.08. The maximum absolute atomic E-state index is 13.8. The van der Waals surface area contributed by atoms with Crippen LogP contribution in [0.4, 0.5) is 5.69 Å². The highest BCUT2D eigenvalue weighted by Gasteiger charge is 2.32. The zero-order valence-electron chi connectivity index (χ0n) is 20.6. The third-order valence-corrected chi connectivity index (χ3v) is 8.62. The fourth-order valence-corrected chi connectivity index (χ4v) is 5.63. The number of hydrogen-bond donors (Lipinski definition) is 1. The first-order valence-electron chi connectivity index (χ1n) is 11.8. The van der Waals surface area contributed by atoms with Crippen molar-refractivity contribution >= 4 is 61.7 Å². The molecular weight excluding hydrogens is 625 g/mol. The molecule has 1 N–H and O–H groups in total. The van der Waals surface area contributed by atoms with Gasteiger partial charge in [0.25, 0.3) is 10.0 Å². The highest BCUT2D eigenvalue weighted by molar-refractivity contribution is 14.1. The standard InChI is InChI=1S/C27H29ClIN3O4S/c1-3-17-30-27(34)20(2)31(18-21-9-7-8-12-25(21)28)26(33)19-32(23-15-13-22(29)14-16-23)37(35,36)24-10-5-4-6-11-24/h4-16,20H,3,17-19H2,1-2H3,(H,30,34)/t20-/m0/s1. The number of sulfonamides is 1. The van der Waals surface area contributed by atoms with Crippen LogP contribution in [0.15, 0.2) is 83.8 Å². The van der Waals surface area contributed by atoms with Gasteiger partial charge in [0, 0.05) is 21.7 Å². The Morgan fingerprint density at radius 1 is 0.973 bits per heavy atom. The lowest BCUT2D eigenvalue weighted by Crippen LogP contribution is -2.51. The van der Waals surface area contributed by atoms with Gasteiger partial charge in [-0.25, -0.2) is 8.42 Å². The molecule has 0 bridgehead atoms. The highest BCUT2D eigenvalue weighted by Crippen LogP contribution is 2.26. The Morgan fingerprint density at radius 2 is 1.59 bits per heavy atom. The van der Waals surface area contributed by atoms with Crippen LogP contribution in [0.1, 0.15) is 25.8 Å². The molecule has 0 aliphatic rings. The lowest BCUT2D eigenvalue weighted by atomic mass is 10.1. The summed E-state index contributed by atoms with van der Waals surface area (Å²) in [6.45, 7) is 3.58. The number of hydrogen-bond acceptors (Lipinski definition) is 4. The van der Waals surface area contributed by atoms with Gasteiger partial charge in [-0.15, -0.1) is 0 Å². The largest absolute Gasteiger partial charge is 0.354 e. The molecule has 0 unspecified atom stereocenters. The average molecular weight is 654 g/mol. The zero-order valence-corrected chi connectivity index (χ0v) is 24.3. The van der Waals surface area contributed by atoms with E-state index in [4.69, 9.17) is 11.6 Å². The van der Waals surface area contributed by atoms with E-state index in [1.165, 1.54) is 17.0 Å². The van der Waals surface area contributed by atoms with Crippen molar-refractivity contribution in [2.24, 2.45) is 0 Å². The van der Waals surface area contributed by atoms with Crippen LogP contribution < -0.4 is 9.62 Å². The number of benzene rings is 3. The fraction of sp³-hybridized carbons (Fsp3) is 0.259. The fourth-order valence-electron chi connectivity index (χ4n) is 3.64. The molecule has 196 valence electrons. The summed E-state index contributed by atoms with van der Waals surface area (Å²) in [5.41, 5.74) is 0.998. The number of nitrogens with zero attached hydrogens (tertiary/aromatic N) is 2. The first-order chi connectivity index (χ1) is 17.6. The van der Waals surface area contributed by atoms with E-state index in [0.717, 1.165) is 14.3 Å². The second-order valence-electron chi connectivity index (χ2n) is 8.38. The van der Waals surface area contributed by atoms with Crippen LogP contribution in [0, 0.1) is 3.57 Å². The molecule has 0 heterocycles. The van der Waals surface area contributed by atoms with Crippen molar-refractivity contribution in [1.29, 1.82) is 0 Å². The Bertz CT molecular complexity index is 1320. The molecule has 0 spiro atoms. The topological polar surface area (TPSA) is 86.8 Å². The summed E-state index contributed by atoms with van der Waals surface area (Å²) in [5.74, 6) is -0.855. The molecular formula is C27H29ClIN3O4S. The minimum Gasteiger partial charge on any atom is -0.354 e. The minimum atomic E-state index is -4.08. The van der Waals surface area contributed by atoms with Gasteiger partial charge in [-0.05, 0) is 84.0 Å². The summed E-state index contributed by atoms with van der Waals surface area (Å²) in [5, 5.41) is 3.27. The Kier molecular flexibility index (Phi) is 10.4. The number of amides is 2. The lowest BCUT2D eigenvalue weighted by molar-refractivity contribution is -0.139. The highest BCUT2D eigenvalue weighted by atomic mass is 127. The van der Waals surface area contributed by atoms with E-state index >= 15 is 0 Å². The van der Waals surface area contributed by atoms with E-state index in [2.05, 4.69) is 27.9 Å². The Labute approximate surface area is 237 Å². The van der Waals surface area contributed by atoms with Crippen LogP contribution >= 0.6 is 34.2 Å². The van der Waals surface area contributed by atoms with Crippen molar-refractivity contribution < 1.29 is 18.0 Å². The molecule has 1 atom stereocenters. The number of carbonyl (C=O) groups excluding carboxylic acids is 2. The number of nitrogens with one attached hydrogen (secondary N) is 1. The molecule has 0 aliphatic carbocycles. The van der Waals surface area contributed by atoms with Gasteiger partial charge >= 0.3 is 0 Å². The summed E-state index contributed by atoms with van der Waals surface area (Å²) in [6, 6.07) is 21.0. The number of halogens is 2. The first kappa shape index (κ1) is 28.9. The molecule has 2 amide bonds. The molecule has 3 aromatic carbocycles. The SMILES string of the molecule is CCCNC(=O)[C@H](C)N(Cc1ccccc1Cl)C(=O)CN(c1ccc(I)cc1)S(=O)(=O)c1ccccc1. The lowest BCUT2D eigenvalue weighted by Gasteiger charge is -2.32. The summed E-state index contributed by atoms with van der Waals surface area (Å²) in [4.78, 5) is 28.1. The molecule has 0 saturated carbocycles. The summed E-state index contributed by atoms with van der Waals surface area (Å²) >= 11 is 8.49. The number of rotatable bonds is 11. The van der Waals surface area contributed by atoms with Crippen molar-refractivity contribution in [2.75, 3.05) is 17.4 Å². The van der Waals surface area contributed by atoms with E-state index in [9.17, 15) is 18.0 Å². The monoisotopic (exact) mass is 653 g/mol. The average Bonchev–Trinajstić information content (AvgIpc) is 2.90. The van der Waals surface area contributed by atoms with Gasteiger partial charge in [-0.1, -0.05) is 54.9 Å². The van der Waals surface area contributed by atoms with Gasteiger partial charge in [0.05, 0.1) is 10.6 Å². The molecule has 0 saturated heterocycles. The smallest absolute Gasteiger partial charge is 0.264 e. The molecule has 0 fully saturated rings. The molecule has 0 aromatic heterocycles. The predicted molar refractivity (Wildman–Crippen MR) is 155 cm³/mol. The van der Waals surface area contributed by atoms with Crippen LogP contribution in [0.3, 0.4) is 0 Å². The second-order valence-corrected chi connectivity index (χ2v) is 11.9. The normalized spacial score (nSPS) is 12.0. The molecule has 7 nitrogen and oxygen atoms in total. The number of carbonyl (C=O) groups is 2. The van der Waals surface area contributed by atoms with Crippen molar-refractivity contribution in [1.82, 2.24) is 10.2 Å². The van der Waals surface area contributed by atoms with Crippen molar-refractivity contribution in [2.45, 2.75) is 37.8 Å². The Morgan fingerprint density at radius 3 is 2.22 bits per heavy atom. The van der Waals surface area contributed by atoms with Gasteiger partial charge < -0.3 is 10.2 Å². The van der Waals surface area contributed by atoms with E-state index in [1.807, 2.05) is 6.92 Å².